The number of hydrogen-bond donors (Lipinski definition) is 1. The molecule has 1 saturated carbocycles. The molecule has 138 valence electrons. The Balaban J connectivity index is 1.57. The molecule has 1 saturated heterocycles. The van der Waals surface area contributed by atoms with Gasteiger partial charge in [0.15, 0.2) is 0 Å². The van der Waals surface area contributed by atoms with Crippen LogP contribution in [0, 0.1) is 0 Å². The zero-order valence-electron chi connectivity index (χ0n) is 15.4. The van der Waals surface area contributed by atoms with E-state index in [1.165, 1.54) is 19.3 Å². The fraction of sp³-hybridized carbons (Fsp3) is 0.700. The molecule has 25 heavy (non-hydrogen) atoms. The lowest BCUT2D eigenvalue weighted by Crippen LogP contribution is -2.49. The topological polar surface area (TPSA) is 54.5 Å². The zero-order chi connectivity index (χ0) is 17.5. The third-order valence-corrected chi connectivity index (χ3v) is 5.31. The second-order valence-corrected chi connectivity index (χ2v) is 7.26. The highest BCUT2D eigenvalue weighted by molar-refractivity contribution is 5.81. The lowest BCUT2D eigenvalue weighted by molar-refractivity contribution is -0.127. The van der Waals surface area contributed by atoms with E-state index in [9.17, 15) is 4.79 Å². The van der Waals surface area contributed by atoms with Crippen LogP contribution >= 0.6 is 0 Å². The summed E-state index contributed by atoms with van der Waals surface area (Å²) >= 11 is 0. The van der Waals surface area contributed by atoms with Crippen molar-refractivity contribution in [3.05, 3.63) is 23.9 Å². The smallest absolute Gasteiger partial charge is 0.237 e. The van der Waals surface area contributed by atoms with E-state index in [1.807, 2.05) is 12.1 Å². The van der Waals surface area contributed by atoms with Gasteiger partial charge in [-0.05, 0) is 64.1 Å². The number of piperidine rings is 1. The van der Waals surface area contributed by atoms with E-state index < -0.39 is 0 Å². The van der Waals surface area contributed by atoms with Crippen molar-refractivity contribution in [3.63, 3.8) is 0 Å². The molecule has 1 unspecified atom stereocenters. The van der Waals surface area contributed by atoms with Gasteiger partial charge in [0.05, 0.1) is 6.04 Å². The number of amides is 1. The number of carbonyl (C=O) groups is 1. The van der Waals surface area contributed by atoms with Crippen molar-refractivity contribution in [3.8, 4) is 5.88 Å². The summed E-state index contributed by atoms with van der Waals surface area (Å²) in [6.45, 7) is 4.70. The molecule has 3 rings (SSSR count). The van der Waals surface area contributed by atoms with Crippen LogP contribution in [0.15, 0.2) is 18.3 Å². The highest BCUT2D eigenvalue weighted by Gasteiger charge is 2.28. The first kappa shape index (κ1) is 18.2. The molecule has 5 heteroatoms. The molecule has 1 aliphatic carbocycles. The Labute approximate surface area is 151 Å². The van der Waals surface area contributed by atoms with E-state index in [-0.39, 0.29) is 18.1 Å². The van der Waals surface area contributed by atoms with Gasteiger partial charge in [-0.2, -0.15) is 0 Å². The second kappa shape index (κ2) is 9.18. The maximum Gasteiger partial charge on any atom is 0.237 e. The predicted molar refractivity (Wildman–Crippen MR) is 98.5 cm³/mol. The van der Waals surface area contributed by atoms with Gasteiger partial charge < -0.3 is 10.1 Å². The van der Waals surface area contributed by atoms with E-state index in [4.69, 9.17) is 4.74 Å². The van der Waals surface area contributed by atoms with Crippen molar-refractivity contribution >= 4 is 5.91 Å². The van der Waals surface area contributed by atoms with Gasteiger partial charge in [-0.25, -0.2) is 4.98 Å². The van der Waals surface area contributed by atoms with Gasteiger partial charge in [-0.15, -0.1) is 0 Å². The quantitative estimate of drug-likeness (QED) is 0.824. The molecule has 0 bridgehead atoms. The Morgan fingerprint density at radius 3 is 2.88 bits per heavy atom. The third-order valence-electron chi connectivity index (χ3n) is 5.31. The Morgan fingerprint density at radius 1 is 1.28 bits per heavy atom. The van der Waals surface area contributed by atoms with Gasteiger partial charge in [-0.3, -0.25) is 9.69 Å². The van der Waals surface area contributed by atoms with Gasteiger partial charge in [0, 0.05) is 18.3 Å². The van der Waals surface area contributed by atoms with Crippen molar-refractivity contribution in [2.24, 2.45) is 0 Å². The first-order valence-electron chi connectivity index (χ1n) is 9.90. The molecular formula is C20H31N3O2. The van der Waals surface area contributed by atoms with Crippen LogP contribution in [0.25, 0.3) is 0 Å². The number of nitrogens with zero attached hydrogens (tertiary/aromatic N) is 2. The number of rotatable bonds is 7. The summed E-state index contributed by atoms with van der Waals surface area (Å²) in [4.78, 5) is 19.4. The predicted octanol–water partition coefficient (Wildman–Crippen LogP) is 3.28. The molecule has 2 heterocycles. The first-order chi connectivity index (χ1) is 12.3. The van der Waals surface area contributed by atoms with Crippen molar-refractivity contribution in [1.29, 1.82) is 0 Å². The van der Waals surface area contributed by atoms with E-state index in [2.05, 4.69) is 22.1 Å². The molecule has 1 aromatic rings. The Kier molecular flexibility index (Phi) is 6.68. The molecular weight excluding hydrogens is 314 g/mol. The van der Waals surface area contributed by atoms with Gasteiger partial charge in [0.2, 0.25) is 11.8 Å². The van der Waals surface area contributed by atoms with Gasteiger partial charge >= 0.3 is 0 Å². The fourth-order valence-corrected chi connectivity index (χ4v) is 3.97. The van der Waals surface area contributed by atoms with Crippen LogP contribution in [-0.2, 0) is 11.3 Å². The molecule has 1 aromatic heterocycles. The van der Waals surface area contributed by atoms with Gasteiger partial charge in [0.1, 0.15) is 6.10 Å². The molecule has 0 aromatic carbocycles. The van der Waals surface area contributed by atoms with E-state index in [1.54, 1.807) is 6.20 Å². The monoisotopic (exact) mass is 345 g/mol. The van der Waals surface area contributed by atoms with Crippen molar-refractivity contribution < 1.29 is 9.53 Å². The number of likely N-dealkylation sites (tertiary alicyclic amines) is 1. The first-order valence-corrected chi connectivity index (χ1v) is 9.90. The molecule has 1 amide bonds. The lowest BCUT2D eigenvalue weighted by Gasteiger charge is -2.34. The SMILES string of the molecule is CCCN1CCCCC1C(=O)NCc1cccnc1OC1CCCC1. The number of hydrogen-bond acceptors (Lipinski definition) is 4. The number of pyridine rings is 1. The van der Waals surface area contributed by atoms with Crippen molar-refractivity contribution in [2.45, 2.75) is 77.0 Å². The standard InChI is InChI=1S/C20H31N3O2/c1-2-13-23-14-6-5-11-18(23)19(24)22-15-16-8-7-12-21-20(16)25-17-9-3-4-10-17/h7-8,12,17-18H,2-6,9-11,13-15H2,1H3,(H,22,24). The summed E-state index contributed by atoms with van der Waals surface area (Å²) in [6.07, 6.45) is 11.1. The van der Waals surface area contributed by atoms with Crippen LogP contribution in [0.5, 0.6) is 5.88 Å². The molecule has 1 atom stereocenters. The summed E-state index contributed by atoms with van der Waals surface area (Å²) in [7, 11) is 0. The summed E-state index contributed by atoms with van der Waals surface area (Å²) < 4.78 is 6.07. The van der Waals surface area contributed by atoms with Crippen LogP contribution in [0.2, 0.25) is 0 Å². The highest BCUT2D eigenvalue weighted by Crippen LogP contribution is 2.25. The van der Waals surface area contributed by atoms with Crippen LogP contribution in [-0.4, -0.2) is 41.0 Å². The molecule has 5 nitrogen and oxygen atoms in total. The van der Waals surface area contributed by atoms with Crippen LogP contribution in [0.3, 0.4) is 0 Å². The molecule has 1 aliphatic heterocycles. The number of nitrogens with one attached hydrogen (secondary N) is 1. The van der Waals surface area contributed by atoms with Crippen LogP contribution in [0.4, 0.5) is 0 Å². The summed E-state index contributed by atoms with van der Waals surface area (Å²) in [5.74, 6) is 0.826. The summed E-state index contributed by atoms with van der Waals surface area (Å²) in [5.41, 5.74) is 0.973. The van der Waals surface area contributed by atoms with Gasteiger partial charge in [-0.1, -0.05) is 19.4 Å². The molecule has 1 N–H and O–H groups in total. The Morgan fingerprint density at radius 2 is 2.08 bits per heavy atom. The minimum atomic E-state index is 0.0181. The molecule has 0 spiro atoms. The van der Waals surface area contributed by atoms with Crippen molar-refractivity contribution in [2.75, 3.05) is 13.1 Å². The normalized spacial score (nSPS) is 22.0. The van der Waals surface area contributed by atoms with Crippen LogP contribution < -0.4 is 10.1 Å². The number of carbonyl (C=O) groups excluding carboxylic acids is 1. The van der Waals surface area contributed by atoms with Crippen molar-refractivity contribution in [1.82, 2.24) is 15.2 Å². The van der Waals surface area contributed by atoms with E-state index in [0.717, 1.165) is 50.8 Å². The number of ether oxygens (including phenoxy) is 1. The lowest BCUT2D eigenvalue weighted by atomic mass is 10.0. The fourth-order valence-electron chi connectivity index (χ4n) is 3.97. The second-order valence-electron chi connectivity index (χ2n) is 7.26. The maximum absolute atomic E-state index is 12.7. The summed E-state index contributed by atoms with van der Waals surface area (Å²) in [5, 5.41) is 3.12. The summed E-state index contributed by atoms with van der Waals surface area (Å²) in [6, 6.07) is 3.93. The van der Waals surface area contributed by atoms with E-state index in [0.29, 0.717) is 12.4 Å². The Hall–Kier alpha value is -1.62. The molecule has 0 radical (unpaired) electrons. The molecule has 2 fully saturated rings. The van der Waals surface area contributed by atoms with E-state index >= 15 is 0 Å². The zero-order valence-corrected chi connectivity index (χ0v) is 15.4. The average Bonchev–Trinajstić information content (AvgIpc) is 3.14. The highest BCUT2D eigenvalue weighted by atomic mass is 16.5. The minimum absolute atomic E-state index is 0.0181. The van der Waals surface area contributed by atoms with Crippen LogP contribution in [0.1, 0.15) is 63.9 Å². The third kappa shape index (κ3) is 4.94. The maximum atomic E-state index is 12.7. The number of aromatic nitrogens is 1. The largest absolute Gasteiger partial charge is 0.474 e. The average molecular weight is 345 g/mol. The Bertz CT molecular complexity index is 556. The molecule has 2 aliphatic rings. The van der Waals surface area contributed by atoms with Gasteiger partial charge in [0.25, 0.3) is 0 Å². The minimum Gasteiger partial charge on any atom is -0.474 e.